The molecule has 5 heteroatoms. The van der Waals surface area contributed by atoms with Gasteiger partial charge in [-0.15, -0.1) is 0 Å². The molecule has 0 aliphatic rings. The van der Waals surface area contributed by atoms with Crippen LogP contribution in [-0.4, -0.2) is 26.7 Å². The molecule has 1 unspecified atom stereocenters. The molecule has 0 aliphatic carbocycles. The van der Waals surface area contributed by atoms with Gasteiger partial charge in [0, 0.05) is 0 Å². The molecule has 0 N–H and O–H groups in total. The van der Waals surface area contributed by atoms with E-state index >= 15 is 0 Å². The average molecular weight is 298 g/mol. The zero-order valence-electron chi connectivity index (χ0n) is 12.7. The fraction of sp³-hybridized carbons (Fsp3) is 0.533. The van der Waals surface area contributed by atoms with Crippen molar-refractivity contribution in [2.75, 3.05) is 7.11 Å². The van der Waals surface area contributed by atoms with Crippen LogP contribution < -0.4 is 0 Å². The van der Waals surface area contributed by atoms with Gasteiger partial charge in [-0.1, -0.05) is 17.7 Å². The first-order valence-electron chi connectivity index (χ1n) is 6.52. The van der Waals surface area contributed by atoms with Crippen molar-refractivity contribution in [1.82, 2.24) is 0 Å². The maximum Gasteiger partial charge on any atom is 0.306 e. The van der Waals surface area contributed by atoms with E-state index in [2.05, 4.69) is 4.74 Å². The lowest BCUT2D eigenvalue weighted by Crippen LogP contribution is -2.24. The SMILES string of the molecule is COC(=O)CC(C)S(=O)(=O)Cc1c(C)cc(C)cc1C. The number of hydrogen-bond donors (Lipinski definition) is 0. The summed E-state index contributed by atoms with van der Waals surface area (Å²) >= 11 is 0. The zero-order valence-corrected chi connectivity index (χ0v) is 13.5. The molecule has 0 saturated heterocycles. The molecule has 0 fully saturated rings. The molecule has 1 atom stereocenters. The van der Waals surface area contributed by atoms with Gasteiger partial charge in [0.1, 0.15) is 0 Å². The highest BCUT2D eigenvalue weighted by Gasteiger charge is 2.25. The van der Waals surface area contributed by atoms with Crippen molar-refractivity contribution in [1.29, 1.82) is 0 Å². The van der Waals surface area contributed by atoms with Crippen LogP contribution >= 0.6 is 0 Å². The van der Waals surface area contributed by atoms with Crippen LogP contribution in [0, 0.1) is 20.8 Å². The summed E-state index contributed by atoms with van der Waals surface area (Å²) in [7, 11) is -2.12. The first-order valence-corrected chi connectivity index (χ1v) is 8.24. The quantitative estimate of drug-likeness (QED) is 0.784. The Labute approximate surface area is 121 Å². The molecule has 0 spiro atoms. The molecular formula is C15H22O4S. The highest BCUT2D eigenvalue weighted by Crippen LogP contribution is 2.21. The van der Waals surface area contributed by atoms with E-state index in [1.807, 2.05) is 32.9 Å². The number of methoxy groups -OCH3 is 1. The third kappa shape index (κ3) is 4.07. The molecule has 0 heterocycles. The Bertz CT molecular complexity index is 579. The Morgan fingerprint density at radius 2 is 1.70 bits per heavy atom. The van der Waals surface area contributed by atoms with Crippen molar-refractivity contribution in [3.8, 4) is 0 Å². The third-order valence-corrected chi connectivity index (χ3v) is 5.56. The minimum atomic E-state index is -3.38. The van der Waals surface area contributed by atoms with Gasteiger partial charge in [-0.2, -0.15) is 0 Å². The van der Waals surface area contributed by atoms with Crippen molar-refractivity contribution in [3.05, 3.63) is 34.4 Å². The van der Waals surface area contributed by atoms with Gasteiger partial charge in [0.05, 0.1) is 24.5 Å². The summed E-state index contributed by atoms with van der Waals surface area (Å²) < 4.78 is 29.2. The summed E-state index contributed by atoms with van der Waals surface area (Å²) in [6.07, 6.45) is -0.108. The molecule has 0 radical (unpaired) electrons. The van der Waals surface area contributed by atoms with Gasteiger partial charge in [0.15, 0.2) is 9.84 Å². The summed E-state index contributed by atoms with van der Waals surface area (Å²) in [5.41, 5.74) is 3.88. The Kier molecular flexibility index (Phi) is 5.34. The van der Waals surface area contributed by atoms with Gasteiger partial charge in [-0.3, -0.25) is 4.79 Å². The van der Waals surface area contributed by atoms with Crippen LogP contribution in [0.5, 0.6) is 0 Å². The number of ether oxygens (including phenoxy) is 1. The summed E-state index contributed by atoms with van der Waals surface area (Å²) in [5, 5.41) is -0.741. The molecule has 0 aliphatic heterocycles. The molecule has 1 rings (SSSR count). The first kappa shape index (κ1) is 16.7. The molecule has 0 saturated carbocycles. The molecule has 112 valence electrons. The molecular weight excluding hydrogens is 276 g/mol. The van der Waals surface area contributed by atoms with E-state index in [9.17, 15) is 13.2 Å². The number of carbonyl (C=O) groups is 1. The molecule has 20 heavy (non-hydrogen) atoms. The van der Waals surface area contributed by atoms with Crippen molar-refractivity contribution in [2.24, 2.45) is 0 Å². The van der Waals surface area contributed by atoms with E-state index in [1.165, 1.54) is 7.11 Å². The molecule has 0 aromatic heterocycles. The van der Waals surface area contributed by atoms with Gasteiger partial charge in [-0.05, 0) is 44.4 Å². The average Bonchev–Trinajstić information content (AvgIpc) is 2.33. The molecule has 4 nitrogen and oxygen atoms in total. The van der Waals surface area contributed by atoms with E-state index in [0.717, 1.165) is 22.3 Å². The highest BCUT2D eigenvalue weighted by atomic mass is 32.2. The maximum atomic E-state index is 12.3. The van der Waals surface area contributed by atoms with E-state index in [-0.39, 0.29) is 12.2 Å². The Balaban J connectivity index is 3.00. The second-order valence-corrected chi connectivity index (χ2v) is 7.69. The number of hydrogen-bond acceptors (Lipinski definition) is 4. The zero-order chi connectivity index (χ0) is 15.5. The number of esters is 1. The normalized spacial score (nSPS) is 13.1. The van der Waals surface area contributed by atoms with Crippen molar-refractivity contribution < 1.29 is 17.9 Å². The van der Waals surface area contributed by atoms with Crippen molar-refractivity contribution in [2.45, 2.75) is 45.1 Å². The van der Waals surface area contributed by atoms with Gasteiger partial charge in [0.25, 0.3) is 0 Å². The Morgan fingerprint density at radius 3 is 2.15 bits per heavy atom. The fourth-order valence-electron chi connectivity index (χ4n) is 2.23. The standard InChI is InChI=1S/C15H22O4S/c1-10-6-11(2)14(12(3)7-10)9-20(17,18)13(4)8-15(16)19-5/h6-7,13H,8-9H2,1-5H3. The highest BCUT2D eigenvalue weighted by molar-refractivity contribution is 7.91. The van der Waals surface area contributed by atoms with Crippen LogP contribution in [0.3, 0.4) is 0 Å². The van der Waals surface area contributed by atoms with Crippen LogP contribution in [-0.2, 0) is 25.1 Å². The maximum absolute atomic E-state index is 12.3. The first-order chi connectivity index (χ1) is 9.17. The third-order valence-electron chi connectivity index (χ3n) is 3.48. The molecule has 0 bridgehead atoms. The summed E-state index contributed by atoms with van der Waals surface area (Å²) in [4.78, 5) is 11.2. The van der Waals surface area contributed by atoms with Crippen LogP contribution in [0.25, 0.3) is 0 Å². The number of aryl methyl sites for hydroxylation is 3. The van der Waals surface area contributed by atoms with Crippen molar-refractivity contribution in [3.63, 3.8) is 0 Å². The summed E-state index contributed by atoms with van der Waals surface area (Å²) in [6.45, 7) is 7.36. The topological polar surface area (TPSA) is 60.4 Å². The smallest absolute Gasteiger partial charge is 0.306 e. The lowest BCUT2D eigenvalue weighted by molar-refractivity contribution is -0.140. The van der Waals surface area contributed by atoms with Crippen LogP contribution in [0.15, 0.2) is 12.1 Å². The minimum absolute atomic E-state index is 0.0386. The van der Waals surface area contributed by atoms with Gasteiger partial charge >= 0.3 is 5.97 Å². The number of rotatable bonds is 5. The monoisotopic (exact) mass is 298 g/mol. The molecule has 1 aromatic carbocycles. The summed E-state index contributed by atoms with van der Waals surface area (Å²) in [6, 6.07) is 3.95. The Morgan fingerprint density at radius 1 is 1.20 bits per heavy atom. The van der Waals surface area contributed by atoms with Crippen molar-refractivity contribution >= 4 is 15.8 Å². The van der Waals surface area contributed by atoms with Gasteiger partial charge in [-0.25, -0.2) is 8.42 Å². The number of benzene rings is 1. The Hall–Kier alpha value is -1.36. The predicted octanol–water partition coefficient (Wildman–Crippen LogP) is 2.48. The van der Waals surface area contributed by atoms with Crippen LogP contribution in [0.1, 0.15) is 35.6 Å². The number of sulfone groups is 1. The second-order valence-electron chi connectivity index (χ2n) is 5.28. The van der Waals surface area contributed by atoms with Gasteiger partial charge in [0.2, 0.25) is 0 Å². The van der Waals surface area contributed by atoms with Crippen LogP contribution in [0.4, 0.5) is 0 Å². The van der Waals surface area contributed by atoms with E-state index in [0.29, 0.717) is 0 Å². The number of carbonyl (C=O) groups excluding carboxylic acids is 1. The van der Waals surface area contributed by atoms with Crippen LogP contribution in [0.2, 0.25) is 0 Å². The molecule has 1 aromatic rings. The lowest BCUT2D eigenvalue weighted by Gasteiger charge is -2.15. The second kappa shape index (κ2) is 6.39. The minimum Gasteiger partial charge on any atom is -0.469 e. The fourth-order valence-corrected chi connectivity index (χ4v) is 3.76. The van der Waals surface area contributed by atoms with E-state index in [1.54, 1.807) is 6.92 Å². The molecule has 0 amide bonds. The summed E-state index contributed by atoms with van der Waals surface area (Å²) in [5.74, 6) is -0.540. The largest absolute Gasteiger partial charge is 0.469 e. The lowest BCUT2D eigenvalue weighted by atomic mass is 10.0. The van der Waals surface area contributed by atoms with E-state index < -0.39 is 21.1 Å². The van der Waals surface area contributed by atoms with Gasteiger partial charge < -0.3 is 4.74 Å². The predicted molar refractivity (Wildman–Crippen MR) is 79.4 cm³/mol. The van der Waals surface area contributed by atoms with E-state index in [4.69, 9.17) is 0 Å².